The number of rotatable bonds is 2. The van der Waals surface area contributed by atoms with Gasteiger partial charge in [-0.3, -0.25) is 4.79 Å². The van der Waals surface area contributed by atoms with Crippen molar-refractivity contribution >= 4 is 23.4 Å². The Kier molecular flexibility index (Phi) is 2.47. The molecule has 3 rings (SSSR count). The second-order valence-electron chi connectivity index (χ2n) is 4.62. The molecule has 1 saturated heterocycles. The summed E-state index contributed by atoms with van der Waals surface area (Å²) in [4.78, 5) is 11.8. The molecule has 0 aromatic carbocycles. The van der Waals surface area contributed by atoms with E-state index in [-0.39, 0.29) is 5.91 Å². The Hall–Kier alpha value is -0.510. The van der Waals surface area contributed by atoms with E-state index in [0.717, 1.165) is 12.8 Å². The van der Waals surface area contributed by atoms with Gasteiger partial charge in [0.25, 0.3) is 0 Å². The Bertz CT molecular complexity index is 306. The van der Waals surface area contributed by atoms with Gasteiger partial charge in [-0.15, -0.1) is 0 Å². The van der Waals surface area contributed by atoms with E-state index in [1.54, 1.807) is 5.01 Å². The summed E-state index contributed by atoms with van der Waals surface area (Å²) in [6, 6.07) is 0.398. The molecular weight excluding hydrogens is 208 g/mol. The van der Waals surface area contributed by atoms with Crippen LogP contribution in [0.1, 0.15) is 32.1 Å². The average molecular weight is 224 g/mol. The minimum Gasteiger partial charge on any atom is -0.273 e. The Morgan fingerprint density at radius 1 is 1.20 bits per heavy atom. The number of carbonyl (C=O) groups is 1. The second kappa shape index (κ2) is 3.81. The molecule has 3 aliphatic rings. The fourth-order valence-corrected chi connectivity index (χ4v) is 3.40. The van der Waals surface area contributed by atoms with Gasteiger partial charge in [0.2, 0.25) is 5.91 Å². The number of hydrogen-bond acceptors (Lipinski definition) is 3. The van der Waals surface area contributed by atoms with Crippen molar-refractivity contribution in [3.63, 3.8) is 0 Å². The van der Waals surface area contributed by atoms with Crippen LogP contribution in [0.4, 0.5) is 0 Å². The maximum Gasteiger partial charge on any atom is 0.248 e. The topological polar surface area (TPSA) is 32.7 Å². The first kappa shape index (κ1) is 9.70. The molecule has 0 spiro atoms. The molecule has 0 aromatic heterocycles. The first-order valence-electron chi connectivity index (χ1n) is 5.82. The van der Waals surface area contributed by atoms with Gasteiger partial charge >= 0.3 is 0 Å². The Morgan fingerprint density at radius 2 is 1.93 bits per heavy atom. The largest absolute Gasteiger partial charge is 0.273 e. The van der Waals surface area contributed by atoms with E-state index in [1.165, 1.54) is 30.1 Å². The van der Waals surface area contributed by atoms with Crippen molar-refractivity contribution in [2.45, 2.75) is 38.1 Å². The van der Waals surface area contributed by atoms with Crippen molar-refractivity contribution in [2.75, 3.05) is 11.5 Å². The molecule has 15 heavy (non-hydrogen) atoms. The molecular formula is C11H16N2OS. The first-order valence-corrected chi connectivity index (χ1v) is 6.97. The van der Waals surface area contributed by atoms with Crippen LogP contribution in [0.5, 0.6) is 0 Å². The van der Waals surface area contributed by atoms with Crippen molar-refractivity contribution in [2.24, 2.45) is 11.0 Å². The van der Waals surface area contributed by atoms with Crippen LogP contribution in [-0.2, 0) is 4.79 Å². The zero-order chi connectivity index (χ0) is 10.3. The number of thioether (sulfide) groups is 1. The van der Waals surface area contributed by atoms with Gasteiger partial charge in [0.05, 0.1) is 18.2 Å². The standard InChI is InChI=1S/C11H16N2OS/c14-11-7-10(8-1-2-8)12-13(11)9-3-5-15-6-4-9/h8-9H,1-7H2. The smallest absolute Gasteiger partial charge is 0.248 e. The molecule has 0 radical (unpaired) electrons. The highest BCUT2D eigenvalue weighted by Gasteiger charge is 2.37. The van der Waals surface area contributed by atoms with Crippen LogP contribution in [0.2, 0.25) is 0 Å². The summed E-state index contributed by atoms with van der Waals surface area (Å²) in [5, 5.41) is 6.34. The molecule has 1 amide bonds. The lowest BCUT2D eigenvalue weighted by molar-refractivity contribution is -0.130. The first-order chi connectivity index (χ1) is 7.34. The van der Waals surface area contributed by atoms with E-state index in [0.29, 0.717) is 18.4 Å². The normalized spacial score (nSPS) is 28.4. The third-order valence-electron chi connectivity index (χ3n) is 3.41. The molecule has 2 heterocycles. The van der Waals surface area contributed by atoms with Crippen LogP contribution in [0.3, 0.4) is 0 Å². The van der Waals surface area contributed by atoms with Gasteiger partial charge in [0.1, 0.15) is 0 Å². The van der Waals surface area contributed by atoms with Crippen LogP contribution >= 0.6 is 11.8 Å². The van der Waals surface area contributed by atoms with Gasteiger partial charge in [0.15, 0.2) is 0 Å². The van der Waals surface area contributed by atoms with E-state index < -0.39 is 0 Å². The van der Waals surface area contributed by atoms with Crippen molar-refractivity contribution in [3.05, 3.63) is 0 Å². The summed E-state index contributed by atoms with van der Waals surface area (Å²) < 4.78 is 0. The summed E-state index contributed by atoms with van der Waals surface area (Å²) in [5.41, 5.74) is 1.17. The predicted molar refractivity (Wildman–Crippen MR) is 62.0 cm³/mol. The highest BCUT2D eigenvalue weighted by Crippen LogP contribution is 2.35. The molecule has 0 atom stereocenters. The molecule has 0 unspecified atom stereocenters. The number of nitrogens with zero attached hydrogens (tertiary/aromatic N) is 2. The lowest BCUT2D eigenvalue weighted by Gasteiger charge is -2.27. The SMILES string of the molecule is O=C1CC(C2CC2)=NN1C1CCSCC1. The fourth-order valence-electron chi connectivity index (χ4n) is 2.32. The molecule has 0 N–H and O–H groups in total. The average Bonchev–Trinajstić information content (AvgIpc) is 3.04. The van der Waals surface area contributed by atoms with Crippen LogP contribution in [0, 0.1) is 5.92 Å². The molecule has 1 aliphatic carbocycles. The minimum atomic E-state index is 0.244. The van der Waals surface area contributed by atoms with Crippen molar-refractivity contribution in [1.82, 2.24) is 5.01 Å². The third kappa shape index (κ3) is 1.92. The monoisotopic (exact) mass is 224 g/mol. The lowest BCUT2D eigenvalue weighted by Crippen LogP contribution is -2.35. The molecule has 1 saturated carbocycles. The van der Waals surface area contributed by atoms with Crippen LogP contribution in [0.25, 0.3) is 0 Å². The van der Waals surface area contributed by atoms with Crippen molar-refractivity contribution in [3.8, 4) is 0 Å². The van der Waals surface area contributed by atoms with E-state index >= 15 is 0 Å². The molecule has 0 aromatic rings. The Labute approximate surface area is 94.3 Å². The number of amides is 1. The highest BCUT2D eigenvalue weighted by molar-refractivity contribution is 7.99. The van der Waals surface area contributed by atoms with Crippen molar-refractivity contribution in [1.29, 1.82) is 0 Å². The fraction of sp³-hybridized carbons (Fsp3) is 0.818. The Morgan fingerprint density at radius 3 is 2.60 bits per heavy atom. The zero-order valence-electron chi connectivity index (χ0n) is 8.82. The number of hydrazone groups is 1. The van der Waals surface area contributed by atoms with Gasteiger partial charge in [-0.25, -0.2) is 5.01 Å². The molecule has 4 heteroatoms. The summed E-state index contributed by atoms with van der Waals surface area (Å²) in [7, 11) is 0. The van der Waals surface area contributed by atoms with E-state index in [4.69, 9.17) is 0 Å². The van der Waals surface area contributed by atoms with Gasteiger partial charge in [-0.05, 0) is 43.1 Å². The number of carbonyl (C=O) groups excluding carboxylic acids is 1. The quantitative estimate of drug-likeness (QED) is 0.717. The molecule has 3 nitrogen and oxygen atoms in total. The van der Waals surface area contributed by atoms with E-state index in [2.05, 4.69) is 5.10 Å². The van der Waals surface area contributed by atoms with Crippen molar-refractivity contribution < 1.29 is 4.79 Å². The van der Waals surface area contributed by atoms with E-state index in [9.17, 15) is 4.79 Å². The number of hydrogen-bond donors (Lipinski definition) is 0. The van der Waals surface area contributed by atoms with Crippen LogP contribution in [-0.4, -0.2) is 34.2 Å². The lowest BCUT2D eigenvalue weighted by atomic mass is 10.1. The zero-order valence-corrected chi connectivity index (χ0v) is 9.63. The summed E-state index contributed by atoms with van der Waals surface area (Å²) >= 11 is 1.99. The summed E-state index contributed by atoms with van der Waals surface area (Å²) in [6.07, 6.45) is 5.35. The maximum atomic E-state index is 11.8. The van der Waals surface area contributed by atoms with Gasteiger partial charge < -0.3 is 0 Å². The molecule has 2 aliphatic heterocycles. The second-order valence-corrected chi connectivity index (χ2v) is 5.85. The molecule has 2 fully saturated rings. The molecule has 0 bridgehead atoms. The van der Waals surface area contributed by atoms with Gasteiger partial charge in [0, 0.05) is 0 Å². The molecule has 82 valence electrons. The van der Waals surface area contributed by atoms with Gasteiger partial charge in [-0.2, -0.15) is 16.9 Å². The predicted octanol–water partition coefficient (Wildman–Crippen LogP) is 1.88. The maximum absolute atomic E-state index is 11.8. The highest BCUT2D eigenvalue weighted by atomic mass is 32.2. The third-order valence-corrected chi connectivity index (χ3v) is 4.46. The Balaban J connectivity index is 1.71. The van der Waals surface area contributed by atoms with Crippen LogP contribution in [0.15, 0.2) is 5.10 Å². The summed E-state index contributed by atoms with van der Waals surface area (Å²) in [6.45, 7) is 0. The minimum absolute atomic E-state index is 0.244. The van der Waals surface area contributed by atoms with Crippen LogP contribution < -0.4 is 0 Å². The van der Waals surface area contributed by atoms with Gasteiger partial charge in [-0.1, -0.05) is 0 Å². The van der Waals surface area contributed by atoms with E-state index in [1.807, 2.05) is 11.8 Å². The summed E-state index contributed by atoms with van der Waals surface area (Å²) in [5.74, 6) is 3.26.